The van der Waals surface area contributed by atoms with Crippen LogP contribution in [0.1, 0.15) is 25.0 Å². The van der Waals surface area contributed by atoms with Gasteiger partial charge in [-0.2, -0.15) is 0 Å². The minimum Gasteiger partial charge on any atom is -0.438 e. The van der Waals surface area contributed by atoms with E-state index in [1.54, 1.807) is 0 Å². The minimum atomic E-state index is -0.0942. The lowest BCUT2D eigenvalue weighted by Crippen LogP contribution is -2.16. The first-order valence-electron chi connectivity index (χ1n) is 17.3. The molecule has 0 atom stereocenters. The molecule has 1 aliphatic carbocycles. The third-order valence-electron chi connectivity index (χ3n) is 10.6. The molecule has 7 aromatic carbocycles. The zero-order valence-electron chi connectivity index (χ0n) is 28.0. The van der Waals surface area contributed by atoms with Gasteiger partial charge in [0.05, 0.1) is 16.6 Å². The molecule has 0 fully saturated rings. The van der Waals surface area contributed by atoms with Crippen LogP contribution in [0.15, 0.2) is 174 Å². The van der Waals surface area contributed by atoms with E-state index in [1.807, 2.05) is 12.1 Å². The van der Waals surface area contributed by atoms with Crippen LogP contribution in [0.3, 0.4) is 0 Å². The van der Waals surface area contributed by atoms with E-state index in [1.165, 1.54) is 38.8 Å². The van der Waals surface area contributed by atoms with Gasteiger partial charge in [0.25, 0.3) is 0 Å². The van der Waals surface area contributed by atoms with Crippen molar-refractivity contribution in [3.05, 3.63) is 181 Å². The standard InChI is InChI=1S/C47H34N2O/c1-47(2)40-16-8-6-14-37(40)38-29-28-36(30-41(38)47)48(34-24-20-32(21-25-34)31-12-4-3-5-13-31)35-26-22-33(23-27-35)45-39-15-7-9-17-42(39)49-43-18-10-11-19-44(43)50-46(45)49/h3-30H,1-2H3. The highest BCUT2D eigenvalue weighted by molar-refractivity contribution is 6.07. The summed E-state index contributed by atoms with van der Waals surface area (Å²) in [7, 11) is 0. The second-order valence-corrected chi connectivity index (χ2v) is 13.8. The average molecular weight is 643 g/mol. The van der Waals surface area contributed by atoms with Crippen molar-refractivity contribution in [1.82, 2.24) is 4.40 Å². The van der Waals surface area contributed by atoms with Crippen molar-refractivity contribution >= 4 is 44.8 Å². The summed E-state index contributed by atoms with van der Waals surface area (Å²) in [5.74, 6) is 0. The number of nitrogens with zero attached hydrogens (tertiary/aromatic N) is 2. The Hall–Kier alpha value is -6.32. The lowest BCUT2D eigenvalue weighted by Gasteiger charge is -2.28. The van der Waals surface area contributed by atoms with E-state index in [0.717, 1.165) is 50.5 Å². The first-order chi connectivity index (χ1) is 24.6. The molecule has 0 saturated carbocycles. The van der Waals surface area contributed by atoms with Crippen molar-refractivity contribution < 1.29 is 4.42 Å². The maximum Gasteiger partial charge on any atom is 0.213 e. The van der Waals surface area contributed by atoms with Crippen molar-refractivity contribution in [2.75, 3.05) is 4.90 Å². The first kappa shape index (κ1) is 28.7. The molecule has 0 amide bonds. The largest absolute Gasteiger partial charge is 0.438 e. The van der Waals surface area contributed by atoms with E-state index in [0.29, 0.717) is 0 Å². The molecule has 2 heterocycles. The van der Waals surface area contributed by atoms with Gasteiger partial charge in [-0.1, -0.05) is 129 Å². The molecule has 0 aliphatic heterocycles. The van der Waals surface area contributed by atoms with Crippen molar-refractivity contribution in [3.8, 4) is 33.4 Å². The number of benzene rings is 7. The Morgan fingerprint density at radius 2 is 1.06 bits per heavy atom. The van der Waals surface area contributed by atoms with Crippen molar-refractivity contribution in [1.29, 1.82) is 0 Å². The molecule has 3 heteroatoms. The number of fused-ring (bicyclic) bond motifs is 8. The summed E-state index contributed by atoms with van der Waals surface area (Å²) in [4.78, 5) is 2.38. The third-order valence-corrected chi connectivity index (χ3v) is 10.6. The number of aromatic nitrogens is 1. The smallest absolute Gasteiger partial charge is 0.213 e. The Labute approximate surface area is 291 Å². The van der Waals surface area contributed by atoms with Crippen molar-refractivity contribution in [3.63, 3.8) is 0 Å². The lowest BCUT2D eigenvalue weighted by atomic mass is 9.82. The molecule has 2 aromatic heterocycles. The topological polar surface area (TPSA) is 20.8 Å². The van der Waals surface area contributed by atoms with Gasteiger partial charge in [-0.05, 0) is 93.5 Å². The summed E-state index contributed by atoms with van der Waals surface area (Å²) in [6, 6.07) is 61.1. The number of hydrogen-bond donors (Lipinski definition) is 0. The predicted octanol–water partition coefficient (Wildman–Crippen LogP) is 12.9. The van der Waals surface area contributed by atoms with E-state index >= 15 is 0 Å². The van der Waals surface area contributed by atoms with E-state index in [4.69, 9.17) is 4.42 Å². The van der Waals surface area contributed by atoms with Crippen LogP contribution in [-0.4, -0.2) is 4.40 Å². The average Bonchev–Trinajstić information content (AvgIpc) is 3.78. The maximum absolute atomic E-state index is 6.53. The molecule has 0 radical (unpaired) electrons. The van der Waals surface area contributed by atoms with Gasteiger partial charge in [0.1, 0.15) is 0 Å². The second-order valence-electron chi connectivity index (χ2n) is 13.8. The number of hydrogen-bond acceptors (Lipinski definition) is 2. The number of rotatable bonds is 5. The van der Waals surface area contributed by atoms with Crippen LogP contribution in [0.2, 0.25) is 0 Å². The first-order valence-corrected chi connectivity index (χ1v) is 17.3. The SMILES string of the molecule is CC1(C)c2ccccc2-c2ccc(N(c3ccc(-c4ccccc4)cc3)c3ccc(-c4c5ccccc5n5c4oc4ccccc45)cc3)cc21. The number of para-hydroxylation sites is 3. The van der Waals surface area contributed by atoms with Crippen LogP contribution in [0.5, 0.6) is 0 Å². The Balaban J connectivity index is 1.12. The molecule has 0 bridgehead atoms. The molecular formula is C47H34N2O. The molecular weight excluding hydrogens is 609 g/mol. The van der Waals surface area contributed by atoms with Gasteiger partial charge in [0, 0.05) is 27.9 Å². The maximum atomic E-state index is 6.53. The Kier molecular flexibility index (Phi) is 6.22. The van der Waals surface area contributed by atoms with Crippen LogP contribution in [-0.2, 0) is 5.41 Å². The van der Waals surface area contributed by atoms with Gasteiger partial charge < -0.3 is 9.32 Å². The summed E-state index contributed by atoms with van der Waals surface area (Å²) in [6.45, 7) is 4.69. The van der Waals surface area contributed by atoms with Gasteiger partial charge in [-0.15, -0.1) is 0 Å². The Morgan fingerprint density at radius 3 is 1.84 bits per heavy atom. The zero-order valence-corrected chi connectivity index (χ0v) is 28.0. The molecule has 3 nitrogen and oxygen atoms in total. The van der Waals surface area contributed by atoms with E-state index in [-0.39, 0.29) is 5.41 Å². The minimum absolute atomic E-state index is 0.0942. The van der Waals surface area contributed by atoms with Gasteiger partial charge >= 0.3 is 0 Å². The molecule has 0 spiro atoms. The predicted molar refractivity (Wildman–Crippen MR) is 208 cm³/mol. The quantitative estimate of drug-likeness (QED) is 0.186. The van der Waals surface area contributed by atoms with Crippen molar-refractivity contribution in [2.24, 2.45) is 0 Å². The molecule has 50 heavy (non-hydrogen) atoms. The van der Waals surface area contributed by atoms with Crippen LogP contribution in [0, 0.1) is 0 Å². The van der Waals surface area contributed by atoms with E-state index in [2.05, 4.69) is 181 Å². The number of oxazole rings is 1. The van der Waals surface area contributed by atoms with E-state index in [9.17, 15) is 0 Å². The highest BCUT2D eigenvalue weighted by atomic mass is 16.3. The highest BCUT2D eigenvalue weighted by Gasteiger charge is 2.35. The van der Waals surface area contributed by atoms with Crippen LogP contribution in [0.25, 0.3) is 61.1 Å². The molecule has 0 saturated heterocycles. The van der Waals surface area contributed by atoms with E-state index < -0.39 is 0 Å². The fraction of sp³-hybridized carbons (Fsp3) is 0.0638. The fourth-order valence-electron chi connectivity index (χ4n) is 8.15. The highest BCUT2D eigenvalue weighted by Crippen LogP contribution is 2.51. The normalized spacial score (nSPS) is 13.2. The lowest BCUT2D eigenvalue weighted by molar-refractivity contribution is 0.658. The Bertz CT molecular complexity index is 2710. The van der Waals surface area contributed by atoms with Gasteiger partial charge in [-0.25, -0.2) is 0 Å². The van der Waals surface area contributed by atoms with Crippen LogP contribution < -0.4 is 4.90 Å². The van der Waals surface area contributed by atoms with Gasteiger partial charge in [-0.3, -0.25) is 4.40 Å². The fourth-order valence-corrected chi connectivity index (χ4v) is 8.15. The molecule has 238 valence electrons. The summed E-state index contributed by atoms with van der Waals surface area (Å²) in [5.41, 5.74) is 17.3. The zero-order chi connectivity index (χ0) is 33.4. The monoisotopic (exact) mass is 642 g/mol. The molecule has 0 unspecified atom stereocenters. The summed E-state index contributed by atoms with van der Waals surface area (Å²) in [6.07, 6.45) is 0. The van der Waals surface area contributed by atoms with Gasteiger partial charge in [0.15, 0.2) is 5.58 Å². The summed E-state index contributed by atoms with van der Waals surface area (Å²) in [5, 5.41) is 1.18. The molecule has 9 aromatic rings. The van der Waals surface area contributed by atoms with Crippen LogP contribution in [0.4, 0.5) is 17.1 Å². The van der Waals surface area contributed by atoms with Crippen molar-refractivity contribution in [2.45, 2.75) is 19.3 Å². The molecule has 10 rings (SSSR count). The second kappa shape index (κ2) is 10.8. The number of anilines is 3. The third kappa shape index (κ3) is 4.23. The van der Waals surface area contributed by atoms with Crippen LogP contribution >= 0.6 is 0 Å². The molecule has 0 N–H and O–H groups in total. The molecule has 1 aliphatic rings. The Morgan fingerprint density at radius 1 is 0.480 bits per heavy atom. The summed E-state index contributed by atoms with van der Waals surface area (Å²) < 4.78 is 8.78. The summed E-state index contributed by atoms with van der Waals surface area (Å²) >= 11 is 0. The van der Waals surface area contributed by atoms with Gasteiger partial charge in [0.2, 0.25) is 5.71 Å².